The molecule has 0 unspecified atom stereocenters. The van der Waals surface area contributed by atoms with Crippen molar-refractivity contribution in [1.82, 2.24) is 14.5 Å². The number of nitrogens with one attached hydrogen (secondary N) is 1. The van der Waals surface area contributed by atoms with E-state index in [1.165, 1.54) is 10.4 Å². The van der Waals surface area contributed by atoms with Gasteiger partial charge in [0, 0.05) is 19.6 Å². The second-order valence-corrected chi connectivity index (χ2v) is 11.4. The van der Waals surface area contributed by atoms with Gasteiger partial charge in [-0.05, 0) is 42.9 Å². The topological polar surface area (TPSA) is 69.7 Å². The molecule has 2 aliphatic rings. The number of sulfonamides is 1. The molecule has 10 heteroatoms. The molecule has 0 bridgehead atoms. The van der Waals surface area contributed by atoms with E-state index in [1.54, 1.807) is 0 Å². The number of carbonyl (C=O) groups excluding carboxylic acids is 1. The number of halogens is 3. The maximum atomic E-state index is 13.3. The SMILES string of the molecule is CC[C@H](C)CN1C(=O)[C@@H]([C@H](C)CC)NC12CCN(S(=O)(=O)c1cccc(C(F)(F)F)c1)CC2. The van der Waals surface area contributed by atoms with Crippen LogP contribution in [0.2, 0.25) is 0 Å². The molecule has 1 aromatic rings. The monoisotopic (exact) mass is 489 g/mol. The molecule has 33 heavy (non-hydrogen) atoms. The normalized spacial score (nSPS) is 23.8. The van der Waals surface area contributed by atoms with E-state index in [1.807, 2.05) is 18.7 Å². The third-order valence-electron chi connectivity index (χ3n) is 7.23. The number of piperidine rings is 1. The first-order valence-electron chi connectivity index (χ1n) is 11.6. The summed E-state index contributed by atoms with van der Waals surface area (Å²) >= 11 is 0. The van der Waals surface area contributed by atoms with Gasteiger partial charge in [-0.25, -0.2) is 8.42 Å². The van der Waals surface area contributed by atoms with Crippen LogP contribution in [0.25, 0.3) is 0 Å². The fourth-order valence-electron chi connectivity index (χ4n) is 4.63. The summed E-state index contributed by atoms with van der Waals surface area (Å²) in [5.74, 6) is 0.497. The Labute approximate surface area is 194 Å². The Balaban J connectivity index is 1.83. The maximum Gasteiger partial charge on any atom is 0.416 e. The Morgan fingerprint density at radius 3 is 2.33 bits per heavy atom. The lowest BCUT2D eigenvalue weighted by atomic mass is 9.95. The molecule has 2 fully saturated rings. The lowest BCUT2D eigenvalue weighted by Gasteiger charge is -2.45. The van der Waals surface area contributed by atoms with E-state index >= 15 is 0 Å². The molecule has 0 radical (unpaired) electrons. The Bertz CT molecular complexity index is 959. The van der Waals surface area contributed by atoms with Crippen LogP contribution in [0.3, 0.4) is 0 Å². The van der Waals surface area contributed by atoms with E-state index in [-0.39, 0.29) is 35.9 Å². The summed E-state index contributed by atoms with van der Waals surface area (Å²) in [4.78, 5) is 14.8. The smallest absolute Gasteiger partial charge is 0.323 e. The summed E-state index contributed by atoms with van der Waals surface area (Å²) < 4.78 is 66.7. The molecule has 2 aliphatic heterocycles. The Hall–Kier alpha value is -1.65. The van der Waals surface area contributed by atoms with Crippen LogP contribution >= 0.6 is 0 Å². The third kappa shape index (κ3) is 5.07. The molecule has 2 heterocycles. The van der Waals surface area contributed by atoms with Crippen LogP contribution in [0, 0.1) is 11.8 Å². The first kappa shape index (κ1) is 26.0. The van der Waals surface area contributed by atoms with Crippen molar-refractivity contribution in [1.29, 1.82) is 0 Å². The molecule has 2 saturated heterocycles. The molecule has 1 aromatic carbocycles. The number of alkyl halides is 3. The zero-order chi connectivity index (χ0) is 24.6. The lowest BCUT2D eigenvalue weighted by Crippen LogP contribution is -2.60. The summed E-state index contributed by atoms with van der Waals surface area (Å²) in [7, 11) is -4.08. The fourth-order valence-corrected chi connectivity index (χ4v) is 6.12. The van der Waals surface area contributed by atoms with Crippen LogP contribution in [0.4, 0.5) is 13.2 Å². The summed E-state index contributed by atoms with van der Waals surface area (Å²) in [5.41, 5.74) is -1.62. The number of rotatable bonds is 7. The van der Waals surface area contributed by atoms with Crippen molar-refractivity contribution in [2.45, 2.75) is 76.2 Å². The molecule has 3 atom stereocenters. The van der Waals surface area contributed by atoms with Gasteiger partial charge in [0.25, 0.3) is 0 Å². The first-order valence-corrected chi connectivity index (χ1v) is 13.1. The Kier molecular flexibility index (Phi) is 7.51. The van der Waals surface area contributed by atoms with Gasteiger partial charge in [-0.1, -0.05) is 46.6 Å². The molecule has 1 N–H and O–H groups in total. The fraction of sp³-hybridized carbons (Fsp3) is 0.696. The van der Waals surface area contributed by atoms with Gasteiger partial charge in [0.2, 0.25) is 15.9 Å². The molecule has 1 spiro atoms. The second kappa shape index (κ2) is 9.54. The van der Waals surface area contributed by atoms with Crippen molar-refractivity contribution >= 4 is 15.9 Å². The highest BCUT2D eigenvalue weighted by molar-refractivity contribution is 7.89. The van der Waals surface area contributed by atoms with Gasteiger partial charge < -0.3 is 4.90 Å². The Morgan fingerprint density at radius 2 is 1.79 bits per heavy atom. The first-order chi connectivity index (χ1) is 15.4. The average molecular weight is 490 g/mol. The van der Waals surface area contributed by atoms with Crippen LogP contribution in [-0.2, 0) is 21.0 Å². The minimum atomic E-state index is -4.62. The predicted molar refractivity (Wildman–Crippen MR) is 120 cm³/mol. The van der Waals surface area contributed by atoms with Crippen molar-refractivity contribution in [3.05, 3.63) is 29.8 Å². The predicted octanol–water partition coefficient (Wildman–Crippen LogP) is 4.08. The van der Waals surface area contributed by atoms with Gasteiger partial charge >= 0.3 is 6.18 Å². The molecular weight excluding hydrogens is 455 g/mol. The number of carbonyl (C=O) groups is 1. The van der Waals surface area contributed by atoms with E-state index in [0.717, 1.165) is 25.0 Å². The van der Waals surface area contributed by atoms with Gasteiger partial charge in [-0.3, -0.25) is 10.1 Å². The largest absolute Gasteiger partial charge is 0.416 e. The quantitative estimate of drug-likeness (QED) is 0.627. The second-order valence-electron chi connectivity index (χ2n) is 9.43. The number of amides is 1. The zero-order valence-electron chi connectivity index (χ0n) is 19.7. The van der Waals surface area contributed by atoms with E-state index in [2.05, 4.69) is 19.2 Å². The summed E-state index contributed by atoms with van der Waals surface area (Å²) in [5, 5.41) is 3.53. The van der Waals surface area contributed by atoms with Gasteiger partial charge in [0.15, 0.2) is 0 Å². The average Bonchev–Trinajstić information content (AvgIpc) is 3.04. The van der Waals surface area contributed by atoms with Crippen LogP contribution in [-0.4, -0.2) is 54.9 Å². The molecule has 186 valence electrons. The minimum absolute atomic E-state index is 0.0545. The number of nitrogens with zero attached hydrogens (tertiary/aromatic N) is 2. The van der Waals surface area contributed by atoms with Crippen molar-refractivity contribution in [3.63, 3.8) is 0 Å². The molecule has 0 aromatic heterocycles. The lowest BCUT2D eigenvalue weighted by molar-refractivity contribution is -0.137. The molecule has 0 aliphatic carbocycles. The van der Waals surface area contributed by atoms with E-state index in [0.29, 0.717) is 31.4 Å². The molecule has 0 saturated carbocycles. The number of benzene rings is 1. The van der Waals surface area contributed by atoms with Gasteiger partial charge in [-0.2, -0.15) is 17.5 Å². The minimum Gasteiger partial charge on any atom is -0.323 e. The van der Waals surface area contributed by atoms with Crippen LogP contribution in [0.1, 0.15) is 58.9 Å². The van der Waals surface area contributed by atoms with Crippen molar-refractivity contribution < 1.29 is 26.4 Å². The maximum absolute atomic E-state index is 13.3. The molecular formula is C23H34F3N3O3S. The van der Waals surface area contributed by atoms with Crippen molar-refractivity contribution in [2.75, 3.05) is 19.6 Å². The molecule has 3 rings (SSSR count). The number of hydrogen-bond donors (Lipinski definition) is 1. The zero-order valence-corrected chi connectivity index (χ0v) is 20.5. The molecule has 1 amide bonds. The number of hydrogen-bond acceptors (Lipinski definition) is 4. The van der Waals surface area contributed by atoms with E-state index < -0.39 is 27.4 Å². The highest BCUT2D eigenvalue weighted by Gasteiger charge is 2.53. The molecule has 6 nitrogen and oxygen atoms in total. The highest BCUT2D eigenvalue weighted by Crippen LogP contribution is 2.37. The van der Waals surface area contributed by atoms with E-state index in [9.17, 15) is 26.4 Å². The summed E-state index contributed by atoms with van der Waals surface area (Å²) in [6.07, 6.45) is -2.08. The van der Waals surface area contributed by atoms with Crippen molar-refractivity contribution in [3.8, 4) is 0 Å². The van der Waals surface area contributed by atoms with Gasteiger partial charge in [0.05, 0.1) is 22.2 Å². The van der Waals surface area contributed by atoms with Crippen LogP contribution in [0.15, 0.2) is 29.2 Å². The van der Waals surface area contributed by atoms with Gasteiger partial charge in [0.1, 0.15) is 0 Å². The van der Waals surface area contributed by atoms with Gasteiger partial charge in [-0.15, -0.1) is 0 Å². The van der Waals surface area contributed by atoms with Crippen LogP contribution < -0.4 is 5.32 Å². The standard InChI is InChI=1S/C23H34F3N3O3S/c1-5-16(3)15-29-21(30)20(17(4)6-2)27-22(29)10-12-28(13-11-22)33(31,32)19-9-7-8-18(14-19)23(24,25)26/h7-9,14,16-17,20,27H,5-6,10-13,15H2,1-4H3/t16-,17+,20+/m0/s1. The van der Waals surface area contributed by atoms with E-state index in [4.69, 9.17) is 0 Å². The third-order valence-corrected chi connectivity index (χ3v) is 9.12. The van der Waals surface area contributed by atoms with Crippen molar-refractivity contribution in [2.24, 2.45) is 11.8 Å². The highest BCUT2D eigenvalue weighted by atomic mass is 32.2. The summed E-state index contributed by atoms with van der Waals surface area (Å²) in [6, 6.07) is 3.54. The van der Waals surface area contributed by atoms with Crippen LogP contribution in [0.5, 0.6) is 0 Å². The summed E-state index contributed by atoms with van der Waals surface area (Å²) in [6.45, 7) is 9.07. The Morgan fingerprint density at radius 1 is 1.15 bits per heavy atom.